The number of nitrogen functional groups attached to an aromatic ring is 1. The van der Waals surface area contributed by atoms with Gasteiger partial charge in [-0.25, -0.2) is 0 Å². The molecule has 5 heteroatoms. The van der Waals surface area contributed by atoms with E-state index in [0.717, 1.165) is 5.56 Å². The first-order valence-electron chi connectivity index (χ1n) is 6.48. The lowest BCUT2D eigenvalue weighted by Gasteiger charge is -2.07. The van der Waals surface area contributed by atoms with E-state index in [1.165, 1.54) is 0 Å². The summed E-state index contributed by atoms with van der Waals surface area (Å²) < 4.78 is 0. The molecular formula is C16H16N2O3. The van der Waals surface area contributed by atoms with Gasteiger partial charge in [-0.2, -0.15) is 0 Å². The number of nitrogens with two attached hydrogens (primary N) is 1. The van der Waals surface area contributed by atoms with Crippen LogP contribution in [-0.2, 0) is 22.4 Å². The third-order valence-corrected chi connectivity index (χ3v) is 2.88. The van der Waals surface area contributed by atoms with Gasteiger partial charge in [-0.15, -0.1) is 0 Å². The summed E-state index contributed by atoms with van der Waals surface area (Å²) in [6.07, 6.45) is 0.146. The lowest BCUT2D eigenvalue weighted by molar-refractivity contribution is -0.136. The Bertz CT molecular complexity index is 668. The second-order valence-corrected chi connectivity index (χ2v) is 4.74. The Labute approximate surface area is 122 Å². The quantitative estimate of drug-likeness (QED) is 0.733. The highest BCUT2D eigenvalue weighted by atomic mass is 16.4. The predicted molar refractivity (Wildman–Crippen MR) is 81.0 cm³/mol. The number of hydrogen-bond donors (Lipinski definition) is 3. The van der Waals surface area contributed by atoms with Crippen molar-refractivity contribution in [3.63, 3.8) is 0 Å². The van der Waals surface area contributed by atoms with E-state index in [2.05, 4.69) is 5.32 Å². The first-order chi connectivity index (χ1) is 10.0. The molecule has 0 bridgehead atoms. The molecule has 0 aliphatic rings. The number of carbonyl (C=O) groups is 2. The fourth-order valence-corrected chi connectivity index (χ4v) is 2.03. The molecule has 0 atom stereocenters. The van der Waals surface area contributed by atoms with Gasteiger partial charge in [0.2, 0.25) is 5.91 Å². The van der Waals surface area contributed by atoms with Crippen molar-refractivity contribution in [2.24, 2.45) is 0 Å². The van der Waals surface area contributed by atoms with Crippen LogP contribution in [0.15, 0.2) is 48.5 Å². The largest absolute Gasteiger partial charge is 0.481 e. The predicted octanol–water partition coefficient (Wildman–Crippen LogP) is 2.08. The van der Waals surface area contributed by atoms with E-state index >= 15 is 0 Å². The molecule has 108 valence electrons. The van der Waals surface area contributed by atoms with Crippen LogP contribution in [0.3, 0.4) is 0 Å². The van der Waals surface area contributed by atoms with Gasteiger partial charge < -0.3 is 16.2 Å². The fourth-order valence-electron chi connectivity index (χ4n) is 2.03. The SMILES string of the molecule is Nc1cccc(CC(=O)Nc2cccc(CC(=O)O)c2)c1. The monoisotopic (exact) mass is 284 g/mol. The molecule has 1 amide bonds. The Kier molecular flexibility index (Phi) is 4.56. The Morgan fingerprint density at radius 2 is 1.67 bits per heavy atom. The van der Waals surface area contributed by atoms with Crippen LogP contribution in [0.2, 0.25) is 0 Å². The average molecular weight is 284 g/mol. The van der Waals surface area contributed by atoms with Crippen LogP contribution in [0.25, 0.3) is 0 Å². The van der Waals surface area contributed by atoms with Crippen LogP contribution in [0, 0.1) is 0 Å². The van der Waals surface area contributed by atoms with Crippen molar-refractivity contribution in [2.45, 2.75) is 12.8 Å². The number of benzene rings is 2. The number of aliphatic carboxylic acids is 1. The number of nitrogens with one attached hydrogen (secondary N) is 1. The van der Waals surface area contributed by atoms with Crippen molar-refractivity contribution in [3.05, 3.63) is 59.7 Å². The molecule has 2 rings (SSSR count). The first-order valence-corrected chi connectivity index (χ1v) is 6.48. The molecule has 0 aliphatic heterocycles. The zero-order chi connectivity index (χ0) is 15.2. The van der Waals surface area contributed by atoms with Crippen molar-refractivity contribution in [1.82, 2.24) is 0 Å². The number of anilines is 2. The molecule has 0 aromatic heterocycles. The van der Waals surface area contributed by atoms with Gasteiger partial charge in [0.05, 0.1) is 12.8 Å². The Morgan fingerprint density at radius 1 is 1.00 bits per heavy atom. The average Bonchev–Trinajstić information content (AvgIpc) is 2.37. The smallest absolute Gasteiger partial charge is 0.307 e. The van der Waals surface area contributed by atoms with Crippen molar-refractivity contribution in [3.8, 4) is 0 Å². The molecule has 21 heavy (non-hydrogen) atoms. The summed E-state index contributed by atoms with van der Waals surface area (Å²) in [5, 5.41) is 11.5. The highest BCUT2D eigenvalue weighted by Crippen LogP contribution is 2.13. The molecular weight excluding hydrogens is 268 g/mol. The number of rotatable bonds is 5. The maximum atomic E-state index is 12.0. The lowest BCUT2D eigenvalue weighted by atomic mass is 10.1. The van der Waals surface area contributed by atoms with Crippen molar-refractivity contribution >= 4 is 23.3 Å². The summed E-state index contributed by atoms with van der Waals surface area (Å²) in [4.78, 5) is 22.6. The van der Waals surface area contributed by atoms with Crippen LogP contribution < -0.4 is 11.1 Å². The lowest BCUT2D eigenvalue weighted by Crippen LogP contribution is -2.14. The number of hydrogen-bond acceptors (Lipinski definition) is 3. The van der Waals surface area contributed by atoms with Gasteiger partial charge in [-0.3, -0.25) is 9.59 Å². The molecule has 2 aromatic rings. The topological polar surface area (TPSA) is 92.4 Å². The van der Waals surface area contributed by atoms with Gasteiger partial charge in [0, 0.05) is 11.4 Å². The summed E-state index contributed by atoms with van der Waals surface area (Å²) in [6, 6.07) is 13.9. The fraction of sp³-hybridized carbons (Fsp3) is 0.125. The van der Waals surface area contributed by atoms with E-state index in [1.54, 1.807) is 42.5 Å². The molecule has 0 saturated carbocycles. The second kappa shape index (κ2) is 6.56. The first kappa shape index (κ1) is 14.6. The van der Waals surface area contributed by atoms with Crippen LogP contribution in [-0.4, -0.2) is 17.0 Å². The van der Waals surface area contributed by atoms with Gasteiger partial charge in [0.25, 0.3) is 0 Å². The highest BCUT2D eigenvalue weighted by molar-refractivity contribution is 5.92. The molecule has 5 nitrogen and oxygen atoms in total. The molecule has 0 unspecified atom stereocenters. The minimum absolute atomic E-state index is 0.0705. The van der Waals surface area contributed by atoms with Crippen molar-refractivity contribution in [1.29, 1.82) is 0 Å². The van der Waals surface area contributed by atoms with E-state index < -0.39 is 5.97 Å². The van der Waals surface area contributed by atoms with Crippen LogP contribution >= 0.6 is 0 Å². The van der Waals surface area contributed by atoms with Crippen LogP contribution in [0.5, 0.6) is 0 Å². The van der Waals surface area contributed by atoms with Gasteiger partial charge in [-0.1, -0.05) is 24.3 Å². The van der Waals surface area contributed by atoms with E-state index in [9.17, 15) is 9.59 Å². The molecule has 2 aromatic carbocycles. The molecule has 0 spiro atoms. The summed E-state index contributed by atoms with van der Waals surface area (Å²) in [5.74, 6) is -1.08. The van der Waals surface area contributed by atoms with E-state index in [4.69, 9.17) is 10.8 Å². The molecule has 0 radical (unpaired) electrons. The highest BCUT2D eigenvalue weighted by Gasteiger charge is 2.06. The van der Waals surface area contributed by atoms with Crippen molar-refractivity contribution in [2.75, 3.05) is 11.1 Å². The van der Waals surface area contributed by atoms with Gasteiger partial charge >= 0.3 is 5.97 Å². The number of amides is 1. The summed E-state index contributed by atoms with van der Waals surface area (Å²) in [7, 11) is 0. The number of carboxylic acid groups (broad SMARTS) is 1. The van der Waals surface area contributed by atoms with E-state index in [1.807, 2.05) is 6.07 Å². The molecule has 0 saturated heterocycles. The van der Waals surface area contributed by atoms with Gasteiger partial charge in [0.15, 0.2) is 0 Å². The molecule has 4 N–H and O–H groups in total. The molecule has 0 fully saturated rings. The van der Waals surface area contributed by atoms with Gasteiger partial charge in [0.1, 0.15) is 0 Å². The zero-order valence-electron chi connectivity index (χ0n) is 11.4. The summed E-state index contributed by atoms with van der Waals surface area (Å²) in [6.45, 7) is 0. The summed E-state index contributed by atoms with van der Waals surface area (Å²) in [5.41, 5.74) is 8.34. The Morgan fingerprint density at radius 3 is 2.33 bits per heavy atom. The third-order valence-electron chi connectivity index (χ3n) is 2.88. The van der Waals surface area contributed by atoms with Gasteiger partial charge in [-0.05, 0) is 35.4 Å². The minimum Gasteiger partial charge on any atom is -0.481 e. The second-order valence-electron chi connectivity index (χ2n) is 4.74. The van der Waals surface area contributed by atoms with E-state index in [0.29, 0.717) is 16.9 Å². The van der Waals surface area contributed by atoms with Crippen molar-refractivity contribution < 1.29 is 14.7 Å². The van der Waals surface area contributed by atoms with Crippen LogP contribution in [0.4, 0.5) is 11.4 Å². The Balaban J connectivity index is 2.01. The molecule has 0 aliphatic carbocycles. The van der Waals surface area contributed by atoms with E-state index in [-0.39, 0.29) is 18.7 Å². The maximum absolute atomic E-state index is 12.0. The summed E-state index contributed by atoms with van der Waals surface area (Å²) >= 11 is 0. The normalized spacial score (nSPS) is 10.1. The van der Waals surface area contributed by atoms with Crippen LogP contribution in [0.1, 0.15) is 11.1 Å². The zero-order valence-corrected chi connectivity index (χ0v) is 11.4. The third kappa shape index (κ3) is 4.65. The maximum Gasteiger partial charge on any atom is 0.307 e. The standard InChI is InChI=1S/C16H16N2O3/c17-13-5-1-3-11(7-13)9-15(19)18-14-6-2-4-12(8-14)10-16(20)21/h1-8H,9-10,17H2,(H,18,19)(H,20,21). The number of carboxylic acids is 1. The number of carbonyl (C=O) groups excluding carboxylic acids is 1. The minimum atomic E-state index is -0.904. The Hall–Kier alpha value is -2.82. The molecule has 0 heterocycles.